The van der Waals surface area contributed by atoms with E-state index >= 15 is 0 Å². The van der Waals surface area contributed by atoms with Crippen LogP contribution in [0.3, 0.4) is 0 Å². The molecule has 0 saturated carbocycles. The Morgan fingerprint density at radius 3 is 2.40 bits per heavy atom. The number of phenolic OH excluding ortho intramolecular Hbond substituents is 1. The summed E-state index contributed by atoms with van der Waals surface area (Å²) in [6.45, 7) is 5.42. The number of carbonyl (C=O) groups excluding carboxylic acids is 4. The summed E-state index contributed by atoms with van der Waals surface area (Å²) in [7, 11) is -4.61. The molecule has 15 heteroatoms. The maximum absolute atomic E-state index is 13.4. The molecule has 3 rings (SSSR count). The predicted molar refractivity (Wildman–Crippen MR) is 171 cm³/mol. The molecule has 1 heterocycles. The van der Waals surface area contributed by atoms with Gasteiger partial charge in [0.05, 0.1) is 30.5 Å². The van der Waals surface area contributed by atoms with Crippen LogP contribution in [0.5, 0.6) is 11.5 Å². The first-order chi connectivity index (χ1) is 22.4. The minimum Gasteiger partial charge on any atom is -0.507 e. The second-order valence-corrected chi connectivity index (χ2v) is 12.1. The number of para-hydroxylation sites is 1. The van der Waals surface area contributed by atoms with E-state index in [1.807, 2.05) is 6.92 Å². The molecule has 3 amide bonds. The summed E-state index contributed by atoms with van der Waals surface area (Å²) in [6, 6.07) is 11.7. The number of hydroxylamine groups is 2. The number of hydrogen-bond donors (Lipinski definition) is 5. The van der Waals surface area contributed by atoms with Gasteiger partial charge in [-0.1, -0.05) is 45.2 Å². The Morgan fingerprint density at radius 2 is 1.77 bits per heavy atom. The molecule has 3 aromatic rings. The third kappa shape index (κ3) is 10.2. The molecule has 1 aromatic heterocycles. The van der Waals surface area contributed by atoms with Crippen molar-refractivity contribution >= 4 is 37.1 Å². The van der Waals surface area contributed by atoms with Gasteiger partial charge in [-0.15, -0.1) is 0 Å². The number of carbonyl (C=O) groups is 4. The van der Waals surface area contributed by atoms with Gasteiger partial charge in [0.15, 0.2) is 5.76 Å². The van der Waals surface area contributed by atoms with E-state index in [0.717, 1.165) is 17.9 Å². The summed E-state index contributed by atoms with van der Waals surface area (Å²) in [6.07, 6.45) is 3.29. The van der Waals surface area contributed by atoms with Crippen LogP contribution in [0.4, 0.5) is 0 Å². The SMILES string of the molecule is CCCCCC(C(=O)NCNC(=O)c1ccc(-c2cc(OCC)cc(P(=O)(O)O)c2)o1)C(CC)N(C=O)OC(=O)c1ccccc1O. The van der Waals surface area contributed by atoms with Crippen molar-refractivity contribution in [2.75, 3.05) is 13.3 Å². The second-order valence-electron chi connectivity index (χ2n) is 10.5. The average molecular weight is 674 g/mol. The van der Waals surface area contributed by atoms with E-state index in [0.29, 0.717) is 19.3 Å². The van der Waals surface area contributed by atoms with E-state index in [9.17, 15) is 38.6 Å². The molecule has 47 heavy (non-hydrogen) atoms. The van der Waals surface area contributed by atoms with Gasteiger partial charge in [-0.05, 0) is 62.2 Å². The normalized spacial score (nSPS) is 12.4. The number of aromatic hydroxyl groups is 1. The van der Waals surface area contributed by atoms with E-state index in [4.69, 9.17) is 14.0 Å². The Kier molecular flexibility index (Phi) is 13.6. The van der Waals surface area contributed by atoms with Crippen molar-refractivity contribution in [2.45, 2.75) is 58.9 Å². The van der Waals surface area contributed by atoms with Gasteiger partial charge >= 0.3 is 13.6 Å². The van der Waals surface area contributed by atoms with Crippen LogP contribution in [0.15, 0.2) is 59.0 Å². The molecule has 254 valence electrons. The fourth-order valence-corrected chi connectivity index (χ4v) is 5.50. The van der Waals surface area contributed by atoms with Gasteiger partial charge in [0.2, 0.25) is 12.3 Å². The van der Waals surface area contributed by atoms with Crippen LogP contribution in [0.1, 0.15) is 73.8 Å². The van der Waals surface area contributed by atoms with Gasteiger partial charge in [-0.2, -0.15) is 5.06 Å². The Balaban J connectivity index is 1.70. The van der Waals surface area contributed by atoms with E-state index in [1.54, 1.807) is 13.8 Å². The van der Waals surface area contributed by atoms with Crippen LogP contribution >= 0.6 is 7.60 Å². The molecule has 2 unspecified atom stereocenters. The third-order valence-electron chi connectivity index (χ3n) is 7.25. The maximum atomic E-state index is 13.4. The number of nitrogens with zero attached hydrogens (tertiary/aromatic N) is 1. The van der Waals surface area contributed by atoms with Gasteiger partial charge in [0.1, 0.15) is 22.8 Å². The van der Waals surface area contributed by atoms with Crippen molar-refractivity contribution in [1.29, 1.82) is 0 Å². The highest BCUT2D eigenvalue weighted by Gasteiger charge is 2.34. The molecule has 0 aliphatic rings. The van der Waals surface area contributed by atoms with Gasteiger partial charge < -0.3 is 39.5 Å². The molecule has 0 saturated heterocycles. The molecule has 0 aliphatic heterocycles. The van der Waals surface area contributed by atoms with E-state index in [1.165, 1.54) is 54.6 Å². The topological polar surface area (TPSA) is 205 Å². The minimum absolute atomic E-state index is 0.122. The van der Waals surface area contributed by atoms with E-state index in [2.05, 4.69) is 10.6 Å². The number of nitrogens with one attached hydrogen (secondary N) is 2. The molecule has 2 aromatic carbocycles. The highest BCUT2D eigenvalue weighted by Crippen LogP contribution is 2.37. The number of benzene rings is 2. The molecular formula is C32H40N3O11P. The van der Waals surface area contributed by atoms with E-state index in [-0.39, 0.29) is 59.1 Å². The lowest BCUT2D eigenvalue weighted by atomic mass is 9.90. The smallest absolute Gasteiger partial charge is 0.366 e. The Bertz CT molecular complexity index is 1590. The highest BCUT2D eigenvalue weighted by molar-refractivity contribution is 7.60. The van der Waals surface area contributed by atoms with Gasteiger partial charge in [0.25, 0.3) is 5.91 Å². The first-order valence-corrected chi connectivity index (χ1v) is 16.8. The third-order valence-corrected chi connectivity index (χ3v) is 8.18. The van der Waals surface area contributed by atoms with Crippen LogP contribution in [-0.4, -0.2) is 63.5 Å². The molecule has 0 spiro atoms. The van der Waals surface area contributed by atoms with Crippen LogP contribution in [0.2, 0.25) is 0 Å². The van der Waals surface area contributed by atoms with Crippen molar-refractivity contribution in [3.63, 3.8) is 0 Å². The lowest BCUT2D eigenvalue weighted by molar-refractivity contribution is -0.171. The standard InChI is InChI=1S/C32H40N3O11P/c1-4-7-8-11-24(26(5-2)35(20-36)46-32(40)25-12-9-10-13-27(25)37)30(38)33-19-34-31(39)29-15-14-28(45-29)21-16-22(44-6-3)18-23(17-21)47(41,42)43/h9-10,12-18,20,24,26,37H,4-8,11,19H2,1-3H3,(H,33,38)(H,34,39)(H2,41,42,43). The van der Waals surface area contributed by atoms with Crippen LogP contribution in [0.25, 0.3) is 11.3 Å². The van der Waals surface area contributed by atoms with E-state index < -0.39 is 37.3 Å². The zero-order chi connectivity index (χ0) is 34.6. The van der Waals surface area contributed by atoms with Gasteiger partial charge in [-0.3, -0.25) is 18.9 Å². The molecular weight excluding hydrogens is 633 g/mol. The number of furan rings is 1. The van der Waals surface area contributed by atoms with Crippen molar-refractivity contribution < 1.29 is 52.6 Å². The summed E-state index contributed by atoms with van der Waals surface area (Å²) in [5.41, 5.74) is 0.138. The second kappa shape index (κ2) is 17.3. The van der Waals surface area contributed by atoms with Crippen LogP contribution in [-0.2, 0) is 19.0 Å². The fraction of sp³-hybridized carbons (Fsp3) is 0.375. The van der Waals surface area contributed by atoms with Crippen LogP contribution < -0.4 is 20.7 Å². The summed E-state index contributed by atoms with van der Waals surface area (Å²) in [5.74, 6) is -3.00. The Morgan fingerprint density at radius 1 is 1.02 bits per heavy atom. The van der Waals surface area contributed by atoms with Gasteiger partial charge in [0, 0.05) is 5.56 Å². The summed E-state index contributed by atoms with van der Waals surface area (Å²) in [5, 5.41) is 15.7. The number of phenols is 1. The predicted octanol–water partition coefficient (Wildman–Crippen LogP) is 3.86. The molecule has 0 radical (unpaired) electrons. The van der Waals surface area contributed by atoms with Crippen molar-refractivity contribution in [1.82, 2.24) is 15.7 Å². The molecule has 0 fully saturated rings. The number of rotatable bonds is 18. The Labute approximate surface area is 272 Å². The average Bonchev–Trinajstić information content (AvgIpc) is 3.54. The number of unbranched alkanes of at least 4 members (excludes halogenated alkanes) is 2. The molecule has 2 atom stereocenters. The van der Waals surface area contributed by atoms with Crippen LogP contribution in [0, 0.1) is 5.92 Å². The fourth-order valence-electron chi connectivity index (χ4n) is 4.90. The number of amides is 3. The van der Waals surface area contributed by atoms with Gasteiger partial charge in [-0.25, -0.2) is 4.79 Å². The number of ether oxygens (including phenoxy) is 1. The molecule has 14 nitrogen and oxygen atoms in total. The maximum Gasteiger partial charge on any atom is 0.366 e. The molecule has 0 aliphatic carbocycles. The highest BCUT2D eigenvalue weighted by atomic mass is 31.2. The first-order valence-electron chi connectivity index (χ1n) is 15.2. The molecule has 0 bridgehead atoms. The zero-order valence-corrected chi connectivity index (χ0v) is 27.3. The summed E-state index contributed by atoms with van der Waals surface area (Å²) in [4.78, 5) is 75.6. The summed E-state index contributed by atoms with van der Waals surface area (Å²) < 4.78 is 22.9. The first kappa shape index (κ1) is 36.8. The molecule has 5 N–H and O–H groups in total. The minimum atomic E-state index is -4.61. The quantitative estimate of drug-likeness (QED) is 0.0431. The largest absolute Gasteiger partial charge is 0.507 e. The summed E-state index contributed by atoms with van der Waals surface area (Å²) >= 11 is 0. The van der Waals surface area contributed by atoms with Crippen molar-refractivity contribution in [3.05, 3.63) is 65.9 Å². The van der Waals surface area contributed by atoms with Crippen molar-refractivity contribution in [2.24, 2.45) is 5.92 Å². The van der Waals surface area contributed by atoms with Crippen molar-refractivity contribution in [3.8, 4) is 22.8 Å². The zero-order valence-electron chi connectivity index (χ0n) is 26.4. The lowest BCUT2D eigenvalue weighted by Gasteiger charge is -2.31. The lowest BCUT2D eigenvalue weighted by Crippen LogP contribution is -2.49. The number of hydrogen-bond acceptors (Lipinski definition) is 9. The monoisotopic (exact) mass is 673 g/mol. The Hall–Kier alpha value is -4.65.